The summed E-state index contributed by atoms with van der Waals surface area (Å²) in [5.41, 5.74) is 2.47. The van der Waals surface area contributed by atoms with Crippen LogP contribution in [0.2, 0.25) is 0 Å². The van der Waals surface area contributed by atoms with Crippen molar-refractivity contribution in [2.45, 2.75) is 77.9 Å². The van der Waals surface area contributed by atoms with Gasteiger partial charge in [-0.25, -0.2) is 4.79 Å². The summed E-state index contributed by atoms with van der Waals surface area (Å²) in [6.07, 6.45) is 12.9. The molecule has 11 nitrogen and oxygen atoms in total. The molecule has 5 amide bonds. The van der Waals surface area contributed by atoms with Crippen molar-refractivity contribution in [1.82, 2.24) is 26.2 Å². The first-order chi connectivity index (χ1) is 21.2. The maximum absolute atomic E-state index is 12.0. The number of rotatable bonds is 4. The van der Waals surface area contributed by atoms with Gasteiger partial charge < -0.3 is 25.0 Å². The molecule has 0 aromatic heterocycles. The molecule has 1 spiro atoms. The lowest BCUT2D eigenvalue weighted by molar-refractivity contribution is -0.123. The van der Waals surface area contributed by atoms with Gasteiger partial charge in [0.2, 0.25) is 5.91 Å². The monoisotopic (exact) mass is 607 g/mol. The van der Waals surface area contributed by atoms with Crippen LogP contribution >= 0.6 is 0 Å². The van der Waals surface area contributed by atoms with Gasteiger partial charge in [0.1, 0.15) is 11.3 Å². The lowest BCUT2D eigenvalue weighted by Gasteiger charge is -2.22. The third-order valence-electron chi connectivity index (χ3n) is 7.04. The Morgan fingerprint density at radius 2 is 1.89 bits per heavy atom. The number of carbonyl (C=O) groups is 4. The molecule has 2 saturated heterocycles. The Balaban J connectivity index is 0.000000225. The van der Waals surface area contributed by atoms with Crippen molar-refractivity contribution in [2.24, 2.45) is 0 Å². The minimum Gasteiger partial charge on any atom is -0.497 e. The average Bonchev–Trinajstić information content (AvgIpc) is 3.77. The Labute approximate surface area is 260 Å². The van der Waals surface area contributed by atoms with Crippen LogP contribution in [0, 0.1) is 11.8 Å². The largest absolute Gasteiger partial charge is 0.497 e. The van der Waals surface area contributed by atoms with E-state index >= 15 is 0 Å². The first-order valence-corrected chi connectivity index (χ1v) is 14.8. The molecule has 3 fully saturated rings. The Hall–Kier alpha value is -4.40. The third-order valence-corrected chi connectivity index (χ3v) is 7.04. The van der Waals surface area contributed by atoms with Crippen LogP contribution in [0.25, 0.3) is 0 Å². The van der Waals surface area contributed by atoms with Crippen LogP contribution < -0.4 is 26.0 Å². The summed E-state index contributed by atoms with van der Waals surface area (Å²) in [7, 11) is 4.99. The molecule has 3 aliphatic heterocycles. The maximum Gasteiger partial charge on any atom is 0.322 e. The predicted octanol–water partition coefficient (Wildman–Crippen LogP) is 3.53. The number of amides is 5. The van der Waals surface area contributed by atoms with Crippen LogP contribution in [-0.2, 0) is 20.9 Å². The summed E-state index contributed by atoms with van der Waals surface area (Å²) in [6, 6.07) is 4.43. The van der Waals surface area contributed by atoms with Gasteiger partial charge in [0, 0.05) is 26.3 Å². The van der Waals surface area contributed by atoms with Gasteiger partial charge in [-0.1, -0.05) is 63.0 Å². The smallest absolute Gasteiger partial charge is 0.322 e. The SMILES string of the molecule is C/C=C\C=C1/CCCC12NC(OC)NC2=O.CC.CCC=CC#CC1NC(=O)NC1=O.COc1ccc2c(c1)C(=O)N(C)C2. The fourth-order valence-electron chi connectivity index (χ4n) is 4.84. The summed E-state index contributed by atoms with van der Waals surface area (Å²) < 4.78 is 10.2. The number of fused-ring (bicyclic) bond motifs is 1. The van der Waals surface area contributed by atoms with Gasteiger partial charge in [-0.05, 0) is 62.0 Å². The standard InChI is InChI=1S/C12H18N2O2.C10H11NO2.C9H10N2O2.C2H6/c1-3-4-6-9-7-5-8-12(9)10(15)13-11(14-12)16-2;1-11-6-7-3-4-8(13-2)5-9(7)10(11)12;1-2-3-4-5-6-7-8(12)11-9(13)10-7;1-2/h3-4,6,11,14H,5,7-8H2,1-2H3,(H,13,15);3-5H,6H2,1-2H3;3-4,7H,2H2,1H3,(H2,10,11,12,13);1-2H3/b4-3-,9-6+;;;. The molecule has 3 unspecified atom stereocenters. The van der Waals surface area contributed by atoms with Gasteiger partial charge in [0.05, 0.1) is 7.11 Å². The Kier molecular flexibility index (Phi) is 14.4. The minimum atomic E-state index is -0.700. The van der Waals surface area contributed by atoms with Gasteiger partial charge in [-0.2, -0.15) is 0 Å². The molecule has 238 valence electrons. The van der Waals surface area contributed by atoms with E-state index in [1.54, 1.807) is 38.3 Å². The fourth-order valence-corrected chi connectivity index (χ4v) is 4.84. The molecule has 4 N–H and O–H groups in total. The molecule has 1 aliphatic carbocycles. The number of ether oxygens (including phenoxy) is 2. The molecule has 1 aromatic carbocycles. The van der Waals surface area contributed by atoms with E-state index in [1.807, 2.05) is 64.1 Å². The first kappa shape index (κ1) is 35.8. The van der Waals surface area contributed by atoms with Crippen molar-refractivity contribution < 1.29 is 28.7 Å². The highest BCUT2D eigenvalue weighted by Crippen LogP contribution is 2.38. The number of methoxy groups -OCH3 is 2. The number of carbonyl (C=O) groups excluding carboxylic acids is 4. The van der Waals surface area contributed by atoms with Crippen molar-refractivity contribution >= 4 is 23.8 Å². The van der Waals surface area contributed by atoms with E-state index in [1.165, 1.54) is 0 Å². The van der Waals surface area contributed by atoms with E-state index in [4.69, 9.17) is 9.47 Å². The zero-order chi connectivity index (χ0) is 32.7. The highest BCUT2D eigenvalue weighted by molar-refractivity contribution is 6.05. The van der Waals surface area contributed by atoms with Gasteiger partial charge in [0.15, 0.2) is 12.4 Å². The number of allylic oxidation sites excluding steroid dienone is 5. The van der Waals surface area contributed by atoms with Crippen LogP contribution in [0.4, 0.5) is 4.79 Å². The van der Waals surface area contributed by atoms with Gasteiger partial charge in [-0.15, -0.1) is 0 Å². The van der Waals surface area contributed by atoms with Gasteiger partial charge in [-0.3, -0.25) is 25.0 Å². The van der Waals surface area contributed by atoms with E-state index in [-0.39, 0.29) is 24.1 Å². The lowest BCUT2D eigenvalue weighted by Crippen LogP contribution is -2.46. The highest BCUT2D eigenvalue weighted by atomic mass is 16.5. The summed E-state index contributed by atoms with van der Waals surface area (Å²) in [6.45, 7) is 8.67. The second-order valence-corrected chi connectivity index (χ2v) is 9.89. The maximum atomic E-state index is 12.0. The van der Waals surface area contributed by atoms with Crippen LogP contribution in [0.1, 0.15) is 69.3 Å². The third kappa shape index (κ3) is 9.05. The Morgan fingerprint density at radius 1 is 1.14 bits per heavy atom. The molecular formula is C33H45N5O6. The van der Waals surface area contributed by atoms with Crippen molar-refractivity contribution in [2.75, 3.05) is 21.3 Å². The minimum absolute atomic E-state index is 0.0348. The van der Waals surface area contributed by atoms with Crippen LogP contribution in [0.5, 0.6) is 5.75 Å². The first-order valence-electron chi connectivity index (χ1n) is 14.8. The molecule has 1 saturated carbocycles. The van der Waals surface area contributed by atoms with Crippen LogP contribution in [-0.4, -0.2) is 67.9 Å². The highest BCUT2D eigenvalue weighted by Gasteiger charge is 2.51. The molecule has 11 heteroatoms. The van der Waals surface area contributed by atoms with Crippen LogP contribution in [0.3, 0.4) is 0 Å². The predicted molar refractivity (Wildman–Crippen MR) is 169 cm³/mol. The quantitative estimate of drug-likeness (QED) is 0.304. The van der Waals surface area contributed by atoms with Crippen molar-refractivity contribution in [1.29, 1.82) is 0 Å². The Morgan fingerprint density at radius 3 is 2.48 bits per heavy atom. The summed E-state index contributed by atoms with van der Waals surface area (Å²) in [5.74, 6) is 5.75. The summed E-state index contributed by atoms with van der Waals surface area (Å²) >= 11 is 0. The normalized spacial score (nSPS) is 24.0. The number of hydrogen-bond donors (Lipinski definition) is 4. The van der Waals surface area contributed by atoms with Gasteiger partial charge in [0.25, 0.3) is 11.8 Å². The number of hydrogen-bond acceptors (Lipinski definition) is 7. The second kappa shape index (κ2) is 17.7. The van der Waals surface area contributed by atoms with E-state index in [9.17, 15) is 19.2 Å². The molecule has 44 heavy (non-hydrogen) atoms. The molecule has 1 aromatic rings. The number of benzene rings is 1. The van der Waals surface area contributed by atoms with Crippen LogP contribution in [0.15, 0.2) is 54.2 Å². The number of imide groups is 1. The second-order valence-electron chi connectivity index (χ2n) is 9.89. The van der Waals surface area contributed by atoms with E-state index in [0.717, 1.165) is 48.1 Å². The number of nitrogens with zero attached hydrogens (tertiary/aromatic N) is 1. The molecule has 0 bridgehead atoms. The molecule has 0 radical (unpaired) electrons. The molecule has 3 atom stereocenters. The van der Waals surface area contributed by atoms with Crippen molar-refractivity contribution in [3.8, 4) is 17.6 Å². The summed E-state index contributed by atoms with van der Waals surface area (Å²) in [5, 5.41) is 10.5. The number of nitrogens with one attached hydrogen (secondary N) is 4. The Bertz CT molecular complexity index is 1340. The summed E-state index contributed by atoms with van der Waals surface area (Å²) in [4.78, 5) is 46.8. The molecule has 4 aliphatic rings. The van der Waals surface area contributed by atoms with Crippen molar-refractivity contribution in [3.63, 3.8) is 0 Å². The fraction of sp³-hybridized carbons (Fsp3) is 0.455. The zero-order valence-corrected chi connectivity index (χ0v) is 26.7. The lowest BCUT2D eigenvalue weighted by atomic mass is 9.92. The topological polar surface area (TPSA) is 138 Å². The van der Waals surface area contributed by atoms with Gasteiger partial charge >= 0.3 is 6.03 Å². The molecule has 3 heterocycles. The van der Waals surface area contributed by atoms with E-state index in [0.29, 0.717) is 6.54 Å². The van der Waals surface area contributed by atoms with E-state index in [2.05, 4.69) is 33.1 Å². The van der Waals surface area contributed by atoms with Crippen molar-refractivity contribution in [3.05, 3.63) is 65.3 Å². The molecular weight excluding hydrogens is 562 g/mol. The van der Waals surface area contributed by atoms with E-state index < -0.39 is 17.6 Å². The average molecular weight is 608 g/mol. The number of urea groups is 1. The zero-order valence-electron chi connectivity index (χ0n) is 26.7. The molecule has 5 rings (SSSR count).